The molecule has 25 heavy (non-hydrogen) atoms. The Labute approximate surface area is 177 Å². The highest BCUT2D eigenvalue weighted by Gasteiger charge is 2.24. The molecular formula is C18H14I2N2O2S. The number of carbonyl (C=O) groups is 1. The Kier molecular flexibility index (Phi) is 5.74. The van der Waals surface area contributed by atoms with E-state index < -0.39 is 0 Å². The van der Waals surface area contributed by atoms with Gasteiger partial charge in [-0.05, 0) is 118 Å². The lowest BCUT2D eigenvalue weighted by Crippen LogP contribution is -2.19. The van der Waals surface area contributed by atoms with Gasteiger partial charge in [0.1, 0.15) is 5.75 Å². The zero-order chi connectivity index (χ0) is 18.1. The number of aromatic hydroxyl groups is 1. The first-order chi connectivity index (χ1) is 11.8. The van der Waals surface area contributed by atoms with Crippen molar-refractivity contribution in [3.63, 3.8) is 0 Å². The monoisotopic (exact) mass is 576 g/mol. The lowest BCUT2D eigenvalue weighted by Gasteiger charge is -2.02. The van der Waals surface area contributed by atoms with Crippen LogP contribution >= 0.6 is 56.9 Å². The molecule has 0 radical (unpaired) electrons. The van der Waals surface area contributed by atoms with E-state index in [0.29, 0.717) is 10.1 Å². The molecule has 2 aromatic rings. The van der Waals surface area contributed by atoms with Crippen molar-refractivity contribution in [1.29, 1.82) is 0 Å². The van der Waals surface area contributed by atoms with E-state index in [2.05, 4.69) is 61.6 Å². The van der Waals surface area contributed by atoms with Gasteiger partial charge in [0.2, 0.25) is 0 Å². The second-order valence-electron chi connectivity index (χ2n) is 5.66. The van der Waals surface area contributed by atoms with E-state index in [-0.39, 0.29) is 11.7 Å². The van der Waals surface area contributed by atoms with E-state index >= 15 is 0 Å². The predicted octanol–water partition coefficient (Wildman–Crippen LogP) is 5.11. The van der Waals surface area contributed by atoms with Gasteiger partial charge in [-0.1, -0.05) is 6.07 Å². The van der Waals surface area contributed by atoms with Crippen LogP contribution in [0, 0.1) is 21.0 Å². The SMILES string of the molecule is Cc1cc(C)cc(N=C2NC(=O)/C(=C/c3cc(I)c(O)c(I)c3)S2)c1. The van der Waals surface area contributed by atoms with Crippen LogP contribution in [0.25, 0.3) is 6.08 Å². The topological polar surface area (TPSA) is 61.7 Å². The van der Waals surface area contributed by atoms with Gasteiger partial charge in [0.25, 0.3) is 5.91 Å². The number of carbonyl (C=O) groups excluding carboxylic acids is 1. The molecule has 0 aromatic heterocycles. The maximum Gasteiger partial charge on any atom is 0.264 e. The molecule has 0 unspecified atom stereocenters. The maximum atomic E-state index is 12.2. The molecule has 2 N–H and O–H groups in total. The molecule has 7 heteroatoms. The van der Waals surface area contributed by atoms with E-state index in [9.17, 15) is 9.90 Å². The minimum absolute atomic E-state index is 0.161. The number of rotatable bonds is 2. The van der Waals surface area contributed by atoms with Gasteiger partial charge in [0.15, 0.2) is 5.17 Å². The smallest absolute Gasteiger partial charge is 0.264 e. The summed E-state index contributed by atoms with van der Waals surface area (Å²) in [5, 5.41) is 13.2. The van der Waals surface area contributed by atoms with Crippen molar-refractivity contribution in [1.82, 2.24) is 5.32 Å². The normalized spacial score (nSPS) is 17.4. The van der Waals surface area contributed by atoms with Crippen LogP contribution in [0.3, 0.4) is 0 Å². The van der Waals surface area contributed by atoms with Gasteiger partial charge in [-0.25, -0.2) is 4.99 Å². The number of amides is 1. The van der Waals surface area contributed by atoms with Crippen LogP contribution in [0.15, 0.2) is 40.2 Å². The van der Waals surface area contributed by atoms with Gasteiger partial charge in [0.05, 0.1) is 17.7 Å². The average Bonchev–Trinajstić information content (AvgIpc) is 2.83. The third-order valence-corrected chi connectivity index (χ3v) is 5.98. The Morgan fingerprint density at radius 1 is 1.08 bits per heavy atom. The number of benzene rings is 2. The van der Waals surface area contributed by atoms with Crippen LogP contribution in [0.5, 0.6) is 5.75 Å². The van der Waals surface area contributed by atoms with Crippen LogP contribution < -0.4 is 5.32 Å². The number of thioether (sulfide) groups is 1. The summed E-state index contributed by atoms with van der Waals surface area (Å²) in [5.41, 5.74) is 3.97. The minimum atomic E-state index is -0.161. The van der Waals surface area contributed by atoms with Crippen LogP contribution in [0.4, 0.5) is 5.69 Å². The fraction of sp³-hybridized carbons (Fsp3) is 0.111. The number of nitrogens with zero attached hydrogens (tertiary/aromatic N) is 1. The summed E-state index contributed by atoms with van der Waals surface area (Å²) < 4.78 is 1.51. The highest BCUT2D eigenvalue weighted by molar-refractivity contribution is 14.1. The molecule has 0 saturated carbocycles. The summed E-state index contributed by atoms with van der Waals surface area (Å²) in [5.74, 6) is 0.107. The minimum Gasteiger partial charge on any atom is -0.506 e. The van der Waals surface area contributed by atoms with Crippen LogP contribution in [0.2, 0.25) is 0 Å². The first-order valence-corrected chi connectivity index (χ1v) is 10.3. The Morgan fingerprint density at radius 3 is 2.28 bits per heavy atom. The van der Waals surface area contributed by atoms with Crippen LogP contribution in [-0.2, 0) is 4.79 Å². The second-order valence-corrected chi connectivity index (χ2v) is 9.02. The highest BCUT2D eigenvalue weighted by Crippen LogP contribution is 2.32. The molecule has 4 nitrogen and oxygen atoms in total. The average molecular weight is 576 g/mol. The maximum absolute atomic E-state index is 12.2. The molecule has 0 bridgehead atoms. The van der Waals surface area contributed by atoms with Gasteiger partial charge in [0, 0.05) is 0 Å². The number of hydrogen-bond donors (Lipinski definition) is 2. The zero-order valence-corrected chi connectivity index (χ0v) is 18.6. The first-order valence-electron chi connectivity index (χ1n) is 7.38. The number of hydrogen-bond acceptors (Lipinski definition) is 4. The van der Waals surface area contributed by atoms with Crippen molar-refractivity contribution in [3.05, 3.63) is 59.1 Å². The van der Waals surface area contributed by atoms with Crippen LogP contribution in [0.1, 0.15) is 16.7 Å². The highest BCUT2D eigenvalue weighted by atomic mass is 127. The van der Waals surface area contributed by atoms with Gasteiger partial charge in [-0.3, -0.25) is 4.79 Å². The zero-order valence-electron chi connectivity index (χ0n) is 13.4. The fourth-order valence-electron chi connectivity index (χ4n) is 2.43. The molecule has 1 heterocycles. The number of nitrogens with one attached hydrogen (secondary N) is 1. The molecule has 0 aliphatic carbocycles. The molecule has 0 atom stereocenters. The van der Waals surface area contributed by atoms with Gasteiger partial charge in [-0.2, -0.15) is 0 Å². The quantitative estimate of drug-likeness (QED) is 0.386. The van der Waals surface area contributed by atoms with E-state index in [1.807, 2.05) is 44.2 Å². The predicted molar refractivity (Wildman–Crippen MR) is 120 cm³/mol. The third kappa shape index (κ3) is 4.56. The summed E-state index contributed by atoms with van der Waals surface area (Å²) in [6, 6.07) is 9.75. The van der Waals surface area contributed by atoms with Crippen molar-refractivity contribution in [2.45, 2.75) is 13.8 Å². The van der Waals surface area contributed by atoms with E-state index in [1.54, 1.807) is 0 Å². The second kappa shape index (κ2) is 7.67. The van der Waals surface area contributed by atoms with Crippen molar-refractivity contribution >= 4 is 79.8 Å². The van der Waals surface area contributed by atoms with Crippen molar-refractivity contribution in [2.24, 2.45) is 4.99 Å². The van der Waals surface area contributed by atoms with Crippen LogP contribution in [-0.4, -0.2) is 16.2 Å². The number of phenolic OH excluding ortho intramolecular Hbond substituents is 1. The summed E-state index contributed by atoms with van der Waals surface area (Å²) in [7, 11) is 0. The molecule has 1 amide bonds. The summed E-state index contributed by atoms with van der Waals surface area (Å²) in [4.78, 5) is 17.3. The molecule has 128 valence electrons. The van der Waals surface area contributed by atoms with Gasteiger partial charge in [-0.15, -0.1) is 0 Å². The lowest BCUT2D eigenvalue weighted by molar-refractivity contribution is -0.115. The van der Waals surface area contributed by atoms with Crippen molar-refractivity contribution in [2.75, 3.05) is 0 Å². The Morgan fingerprint density at radius 2 is 1.68 bits per heavy atom. The summed E-state index contributed by atoms with van der Waals surface area (Å²) >= 11 is 5.47. The van der Waals surface area contributed by atoms with E-state index in [0.717, 1.165) is 29.5 Å². The molecular weight excluding hydrogens is 562 g/mol. The largest absolute Gasteiger partial charge is 0.506 e. The third-order valence-electron chi connectivity index (χ3n) is 3.42. The summed E-state index contributed by atoms with van der Waals surface area (Å²) in [6.07, 6.45) is 1.81. The fourth-order valence-corrected chi connectivity index (χ4v) is 5.09. The standard InChI is InChI=1S/C18H14I2N2O2S/c1-9-3-10(2)5-12(4-9)21-18-22-17(24)15(25-18)8-11-6-13(19)16(23)14(20)7-11/h3-8,23H,1-2H3,(H,21,22,24)/b15-8-. The van der Waals surface area contributed by atoms with Gasteiger partial charge >= 0.3 is 0 Å². The Hall–Kier alpha value is -1.07. The molecule has 1 aliphatic rings. The summed E-state index contributed by atoms with van der Waals surface area (Å²) in [6.45, 7) is 4.05. The van der Waals surface area contributed by atoms with Crippen molar-refractivity contribution in [3.8, 4) is 5.75 Å². The molecule has 1 saturated heterocycles. The number of phenols is 1. The number of amidine groups is 1. The molecule has 1 fully saturated rings. The number of halogens is 2. The molecule has 3 rings (SSSR count). The number of aliphatic imine (C=N–C) groups is 1. The Bertz CT molecular complexity index is 895. The first kappa shape index (κ1) is 18.7. The number of aryl methyl sites for hydroxylation is 2. The molecule has 0 spiro atoms. The lowest BCUT2D eigenvalue weighted by atomic mass is 10.1. The van der Waals surface area contributed by atoms with E-state index in [4.69, 9.17) is 0 Å². The molecule has 2 aromatic carbocycles. The van der Waals surface area contributed by atoms with Crippen molar-refractivity contribution < 1.29 is 9.90 Å². The Balaban J connectivity index is 1.88. The van der Waals surface area contributed by atoms with Gasteiger partial charge < -0.3 is 10.4 Å². The van der Waals surface area contributed by atoms with E-state index in [1.165, 1.54) is 11.8 Å². The molecule has 1 aliphatic heterocycles.